The molecule has 0 aliphatic rings. The van der Waals surface area contributed by atoms with Crippen LogP contribution in [0.2, 0.25) is 0 Å². The summed E-state index contributed by atoms with van der Waals surface area (Å²) in [6.07, 6.45) is 0. The molecule has 12 aromatic carbocycles. The minimum Gasteiger partial charge on any atom is -0.310 e. The summed E-state index contributed by atoms with van der Waals surface area (Å²) in [6, 6.07) is 95.4. The summed E-state index contributed by atoms with van der Waals surface area (Å²) in [5, 5.41) is 9.92. The van der Waals surface area contributed by atoms with Gasteiger partial charge in [-0.1, -0.05) is 212 Å². The molecule has 0 atom stereocenters. The summed E-state index contributed by atoms with van der Waals surface area (Å²) in [6.45, 7) is 0. The second-order valence-corrected chi connectivity index (χ2v) is 16.9. The fourth-order valence-electron chi connectivity index (χ4n) is 9.89. The van der Waals surface area contributed by atoms with E-state index in [1.807, 2.05) is 0 Å². The molecule has 0 N–H and O–H groups in total. The second kappa shape index (κ2) is 16.3. The van der Waals surface area contributed by atoms with Gasteiger partial charge in [-0.25, -0.2) is 0 Å². The van der Waals surface area contributed by atoms with Gasteiger partial charge in [-0.15, -0.1) is 0 Å². The van der Waals surface area contributed by atoms with E-state index in [1.54, 1.807) is 0 Å². The third-order valence-corrected chi connectivity index (χ3v) is 13.0. The zero-order valence-corrected chi connectivity index (χ0v) is 35.8. The largest absolute Gasteiger partial charge is 0.310 e. The molecule has 304 valence electrons. The fourth-order valence-corrected chi connectivity index (χ4v) is 9.89. The Morgan fingerprint density at radius 2 is 0.662 bits per heavy atom. The Bertz CT molecular complexity index is 3700. The van der Waals surface area contributed by atoms with Crippen molar-refractivity contribution in [3.63, 3.8) is 0 Å². The number of fused-ring (bicyclic) bond motifs is 5. The van der Waals surface area contributed by atoms with Crippen molar-refractivity contribution in [2.75, 3.05) is 4.90 Å². The monoisotopic (exact) mass is 825 g/mol. The van der Waals surface area contributed by atoms with Crippen LogP contribution in [-0.4, -0.2) is 0 Å². The van der Waals surface area contributed by atoms with Crippen LogP contribution < -0.4 is 4.90 Å². The zero-order valence-electron chi connectivity index (χ0n) is 35.8. The third kappa shape index (κ3) is 7.01. The van der Waals surface area contributed by atoms with E-state index < -0.39 is 0 Å². The molecular formula is C64H43N. The molecule has 0 spiro atoms. The van der Waals surface area contributed by atoms with Crippen LogP contribution in [-0.2, 0) is 0 Å². The molecule has 0 amide bonds. The van der Waals surface area contributed by atoms with Crippen LogP contribution in [0.15, 0.2) is 261 Å². The van der Waals surface area contributed by atoms with Crippen molar-refractivity contribution in [1.29, 1.82) is 0 Å². The predicted molar refractivity (Wildman–Crippen MR) is 278 cm³/mol. The van der Waals surface area contributed by atoms with E-state index in [1.165, 1.54) is 98.7 Å². The highest BCUT2D eigenvalue weighted by Crippen LogP contribution is 2.46. The molecule has 0 aliphatic carbocycles. The maximum atomic E-state index is 2.42. The standard InChI is InChI=1S/C64H43N/c1-3-16-44(17-4-1)46-32-34-52(35-33-46)65(53-24-15-23-49(41-53)57-39-38-56(47-19-5-2-6-20-47)59-27-11-12-28-60(57)59)54-36-37-62(63(43-54)51-31-30-45-18-7-8-21-48(45)40-51)64-42-50-22-9-10-25-55(50)58-26-13-14-29-61(58)64/h1-43H. The van der Waals surface area contributed by atoms with Crippen molar-refractivity contribution in [1.82, 2.24) is 0 Å². The Kier molecular flexibility index (Phi) is 9.58. The van der Waals surface area contributed by atoms with Gasteiger partial charge in [0.1, 0.15) is 0 Å². The van der Waals surface area contributed by atoms with E-state index in [0.29, 0.717) is 0 Å². The van der Waals surface area contributed by atoms with E-state index >= 15 is 0 Å². The van der Waals surface area contributed by atoms with Gasteiger partial charge in [-0.3, -0.25) is 0 Å². The van der Waals surface area contributed by atoms with Gasteiger partial charge in [0.05, 0.1) is 0 Å². The quantitative estimate of drug-likeness (QED) is 0.138. The molecule has 0 aromatic heterocycles. The van der Waals surface area contributed by atoms with Gasteiger partial charge < -0.3 is 4.90 Å². The van der Waals surface area contributed by atoms with Gasteiger partial charge in [0.2, 0.25) is 0 Å². The summed E-state index contributed by atoms with van der Waals surface area (Å²) in [4.78, 5) is 2.42. The maximum Gasteiger partial charge on any atom is 0.0468 e. The molecule has 0 aliphatic heterocycles. The van der Waals surface area contributed by atoms with Gasteiger partial charge >= 0.3 is 0 Å². The Hall–Kier alpha value is -8.52. The molecule has 1 nitrogen and oxygen atoms in total. The zero-order chi connectivity index (χ0) is 43.1. The molecule has 65 heavy (non-hydrogen) atoms. The van der Waals surface area contributed by atoms with Gasteiger partial charge in [-0.05, 0) is 147 Å². The maximum absolute atomic E-state index is 2.42. The molecule has 0 fully saturated rings. The van der Waals surface area contributed by atoms with Crippen molar-refractivity contribution in [2.24, 2.45) is 0 Å². The molecule has 0 radical (unpaired) electrons. The van der Waals surface area contributed by atoms with Gasteiger partial charge in [0, 0.05) is 17.1 Å². The van der Waals surface area contributed by atoms with Crippen LogP contribution in [0.4, 0.5) is 17.1 Å². The number of nitrogens with zero attached hydrogens (tertiary/aromatic N) is 1. The number of benzene rings is 12. The molecular weight excluding hydrogens is 783 g/mol. The Morgan fingerprint density at radius 3 is 1.38 bits per heavy atom. The first kappa shape index (κ1) is 38.2. The highest BCUT2D eigenvalue weighted by Gasteiger charge is 2.20. The van der Waals surface area contributed by atoms with Crippen molar-refractivity contribution >= 4 is 60.2 Å². The molecule has 0 saturated carbocycles. The van der Waals surface area contributed by atoms with E-state index in [4.69, 9.17) is 0 Å². The summed E-state index contributed by atoms with van der Waals surface area (Å²) < 4.78 is 0. The Balaban J connectivity index is 1.07. The average molecular weight is 826 g/mol. The molecule has 12 rings (SSSR count). The van der Waals surface area contributed by atoms with Crippen molar-refractivity contribution in [3.8, 4) is 55.6 Å². The molecule has 12 aromatic rings. The molecule has 0 heterocycles. The molecule has 0 saturated heterocycles. The van der Waals surface area contributed by atoms with Gasteiger partial charge in [-0.2, -0.15) is 0 Å². The predicted octanol–water partition coefficient (Wildman–Crippen LogP) is 18.1. The summed E-state index contributed by atoms with van der Waals surface area (Å²) in [7, 11) is 0. The molecule has 0 unspecified atom stereocenters. The van der Waals surface area contributed by atoms with Crippen LogP contribution in [0.25, 0.3) is 98.7 Å². The smallest absolute Gasteiger partial charge is 0.0468 e. The summed E-state index contributed by atoms with van der Waals surface area (Å²) in [5.41, 5.74) is 15.2. The first-order valence-corrected chi connectivity index (χ1v) is 22.4. The van der Waals surface area contributed by atoms with Crippen LogP contribution in [0.3, 0.4) is 0 Å². The van der Waals surface area contributed by atoms with Crippen molar-refractivity contribution in [3.05, 3.63) is 261 Å². The van der Waals surface area contributed by atoms with Crippen LogP contribution in [0, 0.1) is 0 Å². The van der Waals surface area contributed by atoms with Gasteiger partial charge in [0.15, 0.2) is 0 Å². The van der Waals surface area contributed by atoms with Gasteiger partial charge in [0.25, 0.3) is 0 Å². The van der Waals surface area contributed by atoms with Crippen molar-refractivity contribution in [2.45, 2.75) is 0 Å². The van der Waals surface area contributed by atoms with E-state index in [9.17, 15) is 0 Å². The number of anilines is 3. The lowest BCUT2D eigenvalue weighted by atomic mass is 9.88. The third-order valence-electron chi connectivity index (χ3n) is 13.0. The van der Waals surface area contributed by atoms with Crippen LogP contribution >= 0.6 is 0 Å². The number of hydrogen-bond acceptors (Lipinski definition) is 1. The minimum atomic E-state index is 1.08. The highest BCUT2D eigenvalue weighted by atomic mass is 15.1. The van der Waals surface area contributed by atoms with E-state index in [0.717, 1.165) is 17.1 Å². The summed E-state index contributed by atoms with van der Waals surface area (Å²) >= 11 is 0. The van der Waals surface area contributed by atoms with E-state index in [-0.39, 0.29) is 0 Å². The molecule has 0 bridgehead atoms. The van der Waals surface area contributed by atoms with Crippen molar-refractivity contribution < 1.29 is 0 Å². The Morgan fingerprint density at radius 1 is 0.185 bits per heavy atom. The average Bonchev–Trinajstić information content (AvgIpc) is 3.39. The highest BCUT2D eigenvalue weighted by molar-refractivity contribution is 6.15. The minimum absolute atomic E-state index is 1.08. The SMILES string of the molecule is c1ccc(-c2ccc(N(c3cccc(-c4ccc(-c5ccccc5)c5ccccc45)c3)c3ccc(-c4cc5ccccc5c5ccccc45)c(-c4ccc5ccccc5c4)c3)cc2)cc1. The van der Waals surface area contributed by atoms with Crippen LogP contribution in [0.5, 0.6) is 0 Å². The lowest BCUT2D eigenvalue weighted by Gasteiger charge is -2.28. The number of hydrogen-bond donors (Lipinski definition) is 0. The first-order valence-electron chi connectivity index (χ1n) is 22.4. The Labute approximate surface area is 379 Å². The lowest BCUT2D eigenvalue weighted by Crippen LogP contribution is -2.10. The van der Waals surface area contributed by atoms with E-state index in [2.05, 4.69) is 266 Å². The first-order chi connectivity index (χ1) is 32.2. The summed E-state index contributed by atoms with van der Waals surface area (Å²) in [5.74, 6) is 0. The van der Waals surface area contributed by atoms with Crippen LogP contribution in [0.1, 0.15) is 0 Å². The normalized spacial score (nSPS) is 11.4. The lowest BCUT2D eigenvalue weighted by molar-refractivity contribution is 1.28. The topological polar surface area (TPSA) is 3.24 Å². The molecule has 1 heteroatoms. The second-order valence-electron chi connectivity index (χ2n) is 16.9. The fraction of sp³-hybridized carbons (Fsp3) is 0. The number of rotatable bonds is 8.